The van der Waals surface area contributed by atoms with Crippen LogP contribution in [0, 0.1) is 0 Å². The fraction of sp³-hybridized carbons (Fsp3) is 0.333. The van der Waals surface area contributed by atoms with Gasteiger partial charge < -0.3 is 19.5 Å². The fourth-order valence-electron chi connectivity index (χ4n) is 2.82. The Bertz CT molecular complexity index is 889. The van der Waals surface area contributed by atoms with Crippen molar-refractivity contribution in [1.82, 2.24) is 0 Å². The second-order valence-electron chi connectivity index (χ2n) is 6.80. The van der Waals surface area contributed by atoms with Crippen molar-refractivity contribution in [3.05, 3.63) is 59.7 Å². The minimum Gasteiger partial charge on any atom is -0.490 e. The van der Waals surface area contributed by atoms with E-state index in [9.17, 15) is 9.59 Å². The van der Waals surface area contributed by atoms with Gasteiger partial charge in [-0.3, -0.25) is 4.79 Å². The lowest BCUT2D eigenvalue weighted by Crippen LogP contribution is -2.21. The van der Waals surface area contributed by atoms with Gasteiger partial charge in [0.1, 0.15) is 0 Å². The molecule has 2 rings (SSSR count). The molecule has 1 amide bonds. The number of esters is 1. The van der Waals surface area contributed by atoms with E-state index >= 15 is 0 Å². The molecule has 0 spiro atoms. The number of ether oxygens (including phenoxy) is 3. The summed E-state index contributed by atoms with van der Waals surface area (Å²) in [6.45, 7) is 8.57. The van der Waals surface area contributed by atoms with Gasteiger partial charge in [0.15, 0.2) is 18.1 Å². The standard InChI is InChI=1S/C24H29NO5/c1-5-28-21-13-11-18(15-22(21)29-6-2)12-14-24(27)30-16-23(26)25-20-10-8-7-9-19(20)17(3)4/h7-15,17H,5-6,16H2,1-4H3,(H,25,26)/b14-12+. The second kappa shape index (κ2) is 11.7. The number of rotatable bonds is 10. The van der Waals surface area contributed by atoms with Crippen molar-refractivity contribution in [3.63, 3.8) is 0 Å². The smallest absolute Gasteiger partial charge is 0.331 e. The zero-order chi connectivity index (χ0) is 21.9. The van der Waals surface area contributed by atoms with Crippen molar-refractivity contribution < 1.29 is 23.8 Å². The first-order valence-electron chi connectivity index (χ1n) is 10.1. The topological polar surface area (TPSA) is 73.9 Å². The molecule has 0 radical (unpaired) electrons. The summed E-state index contributed by atoms with van der Waals surface area (Å²) in [5.74, 6) is 0.539. The van der Waals surface area contributed by atoms with Crippen molar-refractivity contribution in [1.29, 1.82) is 0 Å². The van der Waals surface area contributed by atoms with E-state index in [1.165, 1.54) is 6.08 Å². The van der Waals surface area contributed by atoms with Crippen LogP contribution in [0.15, 0.2) is 48.5 Å². The molecule has 0 aromatic heterocycles. The number of hydrogen-bond donors (Lipinski definition) is 1. The van der Waals surface area contributed by atoms with Gasteiger partial charge in [-0.25, -0.2) is 4.79 Å². The van der Waals surface area contributed by atoms with Crippen LogP contribution in [0.4, 0.5) is 5.69 Å². The van der Waals surface area contributed by atoms with Crippen molar-refractivity contribution >= 4 is 23.6 Å². The lowest BCUT2D eigenvalue weighted by atomic mass is 10.0. The highest BCUT2D eigenvalue weighted by Gasteiger charge is 2.11. The predicted molar refractivity (Wildman–Crippen MR) is 118 cm³/mol. The van der Waals surface area contributed by atoms with Gasteiger partial charge in [0, 0.05) is 11.8 Å². The molecular weight excluding hydrogens is 382 g/mol. The van der Waals surface area contributed by atoms with Gasteiger partial charge in [0.05, 0.1) is 13.2 Å². The molecule has 2 aromatic carbocycles. The maximum Gasteiger partial charge on any atom is 0.331 e. The van der Waals surface area contributed by atoms with Crippen LogP contribution in [0.2, 0.25) is 0 Å². The van der Waals surface area contributed by atoms with Gasteiger partial charge in [-0.15, -0.1) is 0 Å². The molecule has 160 valence electrons. The quantitative estimate of drug-likeness (QED) is 0.449. The average Bonchev–Trinajstić information content (AvgIpc) is 2.73. The summed E-state index contributed by atoms with van der Waals surface area (Å²) in [5, 5.41) is 2.79. The lowest BCUT2D eigenvalue weighted by molar-refractivity contribution is -0.142. The second-order valence-corrected chi connectivity index (χ2v) is 6.80. The highest BCUT2D eigenvalue weighted by molar-refractivity contribution is 5.95. The maximum absolute atomic E-state index is 12.1. The summed E-state index contributed by atoms with van der Waals surface area (Å²) in [4.78, 5) is 24.1. The van der Waals surface area contributed by atoms with Gasteiger partial charge in [-0.05, 0) is 55.2 Å². The molecule has 2 aromatic rings. The first-order valence-corrected chi connectivity index (χ1v) is 10.1. The Morgan fingerprint density at radius 3 is 2.40 bits per heavy atom. The summed E-state index contributed by atoms with van der Waals surface area (Å²) in [6.07, 6.45) is 2.88. The van der Waals surface area contributed by atoms with Crippen molar-refractivity contribution in [2.24, 2.45) is 0 Å². The summed E-state index contributed by atoms with van der Waals surface area (Å²) in [7, 11) is 0. The van der Waals surface area contributed by atoms with Crippen LogP contribution in [0.1, 0.15) is 44.7 Å². The summed E-state index contributed by atoms with van der Waals surface area (Å²) in [5.41, 5.74) is 2.51. The third-order valence-electron chi connectivity index (χ3n) is 4.18. The van der Waals surface area contributed by atoms with E-state index in [0.29, 0.717) is 24.7 Å². The van der Waals surface area contributed by atoms with Crippen molar-refractivity contribution in [2.45, 2.75) is 33.6 Å². The van der Waals surface area contributed by atoms with Crippen LogP contribution in [0.3, 0.4) is 0 Å². The molecule has 30 heavy (non-hydrogen) atoms. The van der Waals surface area contributed by atoms with Gasteiger partial charge >= 0.3 is 5.97 Å². The highest BCUT2D eigenvalue weighted by Crippen LogP contribution is 2.29. The predicted octanol–water partition coefficient (Wildman–Crippen LogP) is 4.80. The number of para-hydroxylation sites is 1. The third-order valence-corrected chi connectivity index (χ3v) is 4.18. The Morgan fingerprint density at radius 2 is 1.70 bits per heavy atom. The van der Waals surface area contributed by atoms with E-state index in [2.05, 4.69) is 5.32 Å². The molecule has 0 heterocycles. The van der Waals surface area contributed by atoms with Crippen LogP contribution >= 0.6 is 0 Å². The largest absolute Gasteiger partial charge is 0.490 e. The van der Waals surface area contributed by atoms with E-state index in [-0.39, 0.29) is 18.4 Å². The molecule has 0 aliphatic carbocycles. The molecule has 0 fully saturated rings. The minimum atomic E-state index is -0.603. The Hall–Kier alpha value is -3.28. The molecule has 0 bridgehead atoms. The molecule has 0 aliphatic heterocycles. The van der Waals surface area contributed by atoms with Crippen LogP contribution in [-0.2, 0) is 14.3 Å². The molecular formula is C24H29NO5. The van der Waals surface area contributed by atoms with Crippen LogP contribution < -0.4 is 14.8 Å². The molecule has 0 atom stereocenters. The van der Waals surface area contributed by atoms with Crippen LogP contribution in [-0.4, -0.2) is 31.7 Å². The zero-order valence-electron chi connectivity index (χ0n) is 17.9. The molecule has 0 saturated heterocycles. The minimum absolute atomic E-state index is 0.266. The summed E-state index contributed by atoms with van der Waals surface area (Å²) >= 11 is 0. The first kappa shape index (κ1) is 23.0. The SMILES string of the molecule is CCOc1ccc(/C=C/C(=O)OCC(=O)Nc2ccccc2C(C)C)cc1OCC. The first-order chi connectivity index (χ1) is 14.4. The number of benzene rings is 2. The lowest BCUT2D eigenvalue weighted by Gasteiger charge is -2.13. The Morgan fingerprint density at radius 1 is 1.00 bits per heavy atom. The van der Waals surface area contributed by atoms with Gasteiger partial charge in [0.2, 0.25) is 0 Å². The van der Waals surface area contributed by atoms with E-state index < -0.39 is 5.97 Å². The van der Waals surface area contributed by atoms with E-state index in [1.807, 2.05) is 58.0 Å². The van der Waals surface area contributed by atoms with E-state index in [0.717, 1.165) is 16.8 Å². The van der Waals surface area contributed by atoms with E-state index in [4.69, 9.17) is 14.2 Å². The Balaban J connectivity index is 1.92. The number of nitrogens with one attached hydrogen (secondary N) is 1. The fourth-order valence-corrected chi connectivity index (χ4v) is 2.82. The monoisotopic (exact) mass is 411 g/mol. The molecule has 0 aliphatic rings. The molecule has 0 saturated carbocycles. The highest BCUT2D eigenvalue weighted by atomic mass is 16.5. The van der Waals surface area contributed by atoms with Crippen molar-refractivity contribution in [3.8, 4) is 11.5 Å². The van der Waals surface area contributed by atoms with Gasteiger partial charge in [-0.1, -0.05) is 38.1 Å². The van der Waals surface area contributed by atoms with Crippen LogP contribution in [0.25, 0.3) is 6.08 Å². The molecule has 1 N–H and O–H groups in total. The van der Waals surface area contributed by atoms with Crippen LogP contribution in [0.5, 0.6) is 11.5 Å². The number of amides is 1. The number of anilines is 1. The van der Waals surface area contributed by atoms with Crippen molar-refractivity contribution in [2.75, 3.05) is 25.1 Å². The summed E-state index contributed by atoms with van der Waals surface area (Å²) in [6, 6.07) is 13.0. The Kier molecular flexibility index (Phi) is 8.94. The normalized spacial score (nSPS) is 10.8. The number of hydrogen-bond acceptors (Lipinski definition) is 5. The molecule has 6 nitrogen and oxygen atoms in total. The molecule has 6 heteroatoms. The summed E-state index contributed by atoms with van der Waals surface area (Å²) < 4.78 is 16.1. The molecule has 0 unspecified atom stereocenters. The third kappa shape index (κ3) is 6.95. The average molecular weight is 411 g/mol. The zero-order valence-corrected chi connectivity index (χ0v) is 17.9. The van der Waals surface area contributed by atoms with Gasteiger partial charge in [0.25, 0.3) is 5.91 Å². The Labute approximate surface area is 177 Å². The number of carbonyl (C=O) groups excluding carboxylic acids is 2. The van der Waals surface area contributed by atoms with E-state index in [1.54, 1.807) is 18.2 Å². The number of carbonyl (C=O) groups is 2. The maximum atomic E-state index is 12.1. The van der Waals surface area contributed by atoms with Gasteiger partial charge in [-0.2, -0.15) is 0 Å².